The molecule has 0 aliphatic carbocycles. The fraction of sp³-hybridized carbons (Fsp3) is 0.333. The minimum Gasteiger partial charge on any atom is -0.397 e. The van der Waals surface area contributed by atoms with Gasteiger partial charge in [-0.05, 0) is 26.0 Å². The summed E-state index contributed by atoms with van der Waals surface area (Å²) in [6.45, 7) is 5.21. The molecule has 104 valence electrons. The molecule has 1 aromatic carbocycles. The SMILES string of the molecule is CC1(C)C(=O)NCCN1c1ccc2cnccc2c1N. The predicted octanol–water partition coefficient (Wildman–Crippen LogP) is 1.53. The number of fused-ring (bicyclic) bond motifs is 1. The Morgan fingerprint density at radius 2 is 2.15 bits per heavy atom. The van der Waals surface area contributed by atoms with Gasteiger partial charge in [-0.25, -0.2) is 0 Å². The van der Waals surface area contributed by atoms with Crippen LogP contribution in [0.5, 0.6) is 0 Å². The molecule has 1 aliphatic rings. The van der Waals surface area contributed by atoms with Gasteiger partial charge in [0, 0.05) is 36.3 Å². The summed E-state index contributed by atoms with van der Waals surface area (Å²) in [6, 6.07) is 5.88. The van der Waals surface area contributed by atoms with E-state index < -0.39 is 5.54 Å². The first kappa shape index (κ1) is 12.7. The molecular weight excluding hydrogens is 252 g/mol. The average molecular weight is 270 g/mol. The van der Waals surface area contributed by atoms with E-state index >= 15 is 0 Å². The fourth-order valence-electron chi connectivity index (χ4n) is 2.74. The molecule has 0 radical (unpaired) electrons. The van der Waals surface area contributed by atoms with E-state index in [1.807, 2.05) is 32.0 Å². The molecule has 0 bridgehead atoms. The molecule has 0 unspecified atom stereocenters. The number of piperazine rings is 1. The van der Waals surface area contributed by atoms with E-state index in [-0.39, 0.29) is 5.91 Å². The Morgan fingerprint density at radius 1 is 1.35 bits per heavy atom. The van der Waals surface area contributed by atoms with Crippen LogP contribution in [0.4, 0.5) is 11.4 Å². The van der Waals surface area contributed by atoms with Crippen LogP contribution in [0, 0.1) is 0 Å². The van der Waals surface area contributed by atoms with Crippen molar-refractivity contribution in [1.29, 1.82) is 0 Å². The van der Waals surface area contributed by atoms with Gasteiger partial charge in [-0.2, -0.15) is 0 Å². The number of pyridine rings is 1. The maximum absolute atomic E-state index is 12.1. The molecule has 1 fully saturated rings. The monoisotopic (exact) mass is 270 g/mol. The van der Waals surface area contributed by atoms with Crippen LogP contribution in [0.1, 0.15) is 13.8 Å². The Morgan fingerprint density at radius 3 is 2.95 bits per heavy atom. The van der Waals surface area contributed by atoms with Crippen LogP contribution < -0.4 is 16.0 Å². The predicted molar refractivity (Wildman–Crippen MR) is 80.6 cm³/mol. The number of hydrogen-bond acceptors (Lipinski definition) is 4. The Bertz CT molecular complexity index is 681. The van der Waals surface area contributed by atoms with Gasteiger partial charge >= 0.3 is 0 Å². The van der Waals surface area contributed by atoms with Crippen molar-refractivity contribution in [3.63, 3.8) is 0 Å². The summed E-state index contributed by atoms with van der Waals surface area (Å²) in [5.41, 5.74) is 7.32. The second-order valence-corrected chi connectivity index (χ2v) is 5.56. The molecule has 3 rings (SSSR count). The average Bonchev–Trinajstić information content (AvgIpc) is 2.43. The second kappa shape index (κ2) is 4.37. The van der Waals surface area contributed by atoms with E-state index in [1.165, 1.54) is 0 Å². The number of rotatable bonds is 1. The maximum atomic E-state index is 12.1. The van der Waals surface area contributed by atoms with Crippen molar-refractivity contribution in [2.24, 2.45) is 0 Å². The van der Waals surface area contributed by atoms with E-state index in [9.17, 15) is 4.79 Å². The van der Waals surface area contributed by atoms with Crippen molar-refractivity contribution < 1.29 is 4.79 Å². The van der Waals surface area contributed by atoms with Gasteiger partial charge in [0.05, 0.1) is 11.4 Å². The van der Waals surface area contributed by atoms with Gasteiger partial charge in [0.2, 0.25) is 5.91 Å². The Hall–Kier alpha value is -2.30. The molecule has 1 aromatic heterocycles. The summed E-state index contributed by atoms with van der Waals surface area (Å²) in [7, 11) is 0. The van der Waals surface area contributed by atoms with Crippen LogP contribution in [0.3, 0.4) is 0 Å². The van der Waals surface area contributed by atoms with Crippen LogP contribution in [0.2, 0.25) is 0 Å². The minimum absolute atomic E-state index is 0.0259. The zero-order valence-corrected chi connectivity index (χ0v) is 11.7. The lowest BCUT2D eigenvalue weighted by Crippen LogP contribution is -2.62. The summed E-state index contributed by atoms with van der Waals surface area (Å²) in [5.74, 6) is 0.0259. The molecule has 0 saturated carbocycles. The molecule has 1 saturated heterocycles. The second-order valence-electron chi connectivity index (χ2n) is 5.56. The normalized spacial score (nSPS) is 18.1. The highest BCUT2D eigenvalue weighted by molar-refractivity contribution is 6.00. The van der Waals surface area contributed by atoms with Crippen LogP contribution >= 0.6 is 0 Å². The number of carbonyl (C=O) groups is 1. The molecule has 20 heavy (non-hydrogen) atoms. The number of nitrogens with one attached hydrogen (secondary N) is 1. The first-order valence-electron chi connectivity index (χ1n) is 6.70. The zero-order chi connectivity index (χ0) is 14.3. The number of nitrogens with zero attached hydrogens (tertiary/aromatic N) is 2. The summed E-state index contributed by atoms with van der Waals surface area (Å²) in [6.07, 6.45) is 3.53. The highest BCUT2D eigenvalue weighted by atomic mass is 16.2. The summed E-state index contributed by atoms with van der Waals surface area (Å²) in [5, 5.41) is 4.88. The number of carbonyl (C=O) groups excluding carboxylic acids is 1. The van der Waals surface area contributed by atoms with E-state index in [0.29, 0.717) is 12.2 Å². The van der Waals surface area contributed by atoms with Crippen LogP contribution in [0.15, 0.2) is 30.6 Å². The van der Waals surface area contributed by atoms with E-state index in [4.69, 9.17) is 5.73 Å². The summed E-state index contributed by atoms with van der Waals surface area (Å²) in [4.78, 5) is 18.2. The number of hydrogen-bond donors (Lipinski definition) is 2. The molecule has 3 N–H and O–H groups in total. The molecule has 0 atom stereocenters. The smallest absolute Gasteiger partial charge is 0.245 e. The fourth-order valence-corrected chi connectivity index (χ4v) is 2.74. The van der Waals surface area contributed by atoms with E-state index in [1.54, 1.807) is 12.4 Å². The summed E-state index contributed by atoms with van der Waals surface area (Å²) < 4.78 is 0. The van der Waals surface area contributed by atoms with E-state index in [2.05, 4.69) is 15.2 Å². The van der Waals surface area contributed by atoms with Gasteiger partial charge in [-0.1, -0.05) is 6.07 Å². The van der Waals surface area contributed by atoms with Gasteiger partial charge in [0.15, 0.2) is 0 Å². The number of aromatic nitrogens is 1. The lowest BCUT2D eigenvalue weighted by molar-refractivity contribution is -0.126. The van der Waals surface area contributed by atoms with Crippen molar-refractivity contribution in [2.75, 3.05) is 23.7 Å². The Balaban J connectivity index is 2.14. The number of nitrogens with two attached hydrogens (primary N) is 1. The molecule has 1 aliphatic heterocycles. The molecule has 1 amide bonds. The largest absolute Gasteiger partial charge is 0.397 e. The van der Waals surface area contributed by atoms with Crippen molar-refractivity contribution in [1.82, 2.24) is 10.3 Å². The molecule has 5 nitrogen and oxygen atoms in total. The topological polar surface area (TPSA) is 71.2 Å². The van der Waals surface area contributed by atoms with Gasteiger partial charge in [0.25, 0.3) is 0 Å². The third-order valence-corrected chi connectivity index (χ3v) is 3.98. The number of benzene rings is 1. The Labute approximate surface area is 117 Å². The molecular formula is C15H18N4O. The third-order valence-electron chi connectivity index (χ3n) is 3.98. The molecule has 0 spiro atoms. The van der Waals surface area contributed by atoms with E-state index in [0.717, 1.165) is 23.0 Å². The quantitative estimate of drug-likeness (QED) is 0.771. The van der Waals surface area contributed by atoms with Crippen LogP contribution in [0.25, 0.3) is 10.8 Å². The molecule has 2 heterocycles. The minimum atomic E-state index is -0.604. The van der Waals surface area contributed by atoms with Gasteiger partial charge in [-0.15, -0.1) is 0 Å². The summed E-state index contributed by atoms with van der Waals surface area (Å²) >= 11 is 0. The van der Waals surface area contributed by atoms with Crippen molar-refractivity contribution >= 4 is 28.1 Å². The standard InChI is InChI=1S/C15H18N4O/c1-15(2)14(20)18-7-8-19(15)12-4-3-10-9-17-6-5-11(10)13(12)16/h3-6,9H,7-8,16H2,1-2H3,(H,18,20). The van der Waals surface area contributed by atoms with Crippen LogP contribution in [-0.4, -0.2) is 29.5 Å². The Kier molecular flexibility index (Phi) is 2.78. The maximum Gasteiger partial charge on any atom is 0.245 e. The zero-order valence-electron chi connectivity index (χ0n) is 11.7. The number of amides is 1. The highest BCUT2D eigenvalue weighted by Gasteiger charge is 2.38. The third kappa shape index (κ3) is 1.78. The van der Waals surface area contributed by atoms with Gasteiger partial charge < -0.3 is 16.0 Å². The lowest BCUT2D eigenvalue weighted by Gasteiger charge is -2.43. The number of anilines is 2. The van der Waals surface area contributed by atoms with Gasteiger partial charge in [0.1, 0.15) is 5.54 Å². The van der Waals surface area contributed by atoms with Crippen molar-refractivity contribution in [3.05, 3.63) is 30.6 Å². The van der Waals surface area contributed by atoms with Crippen molar-refractivity contribution in [3.8, 4) is 0 Å². The first-order valence-corrected chi connectivity index (χ1v) is 6.70. The molecule has 5 heteroatoms. The van der Waals surface area contributed by atoms with Gasteiger partial charge in [-0.3, -0.25) is 9.78 Å². The first-order chi connectivity index (χ1) is 9.51. The number of nitrogen functional groups attached to an aromatic ring is 1. The van der Waals surface area contributed by atoms with Crippen LogP contribution in [-0.2, 0) is 4.79 Å². The van der Waals surface area contributed by atoms with Crippen molar-refractivity contribution in [2.45, 2.75) is 19.4 Å². The lowest BCUT2D eigenvalue weighted by atomic mass is 9.96. The highest BCUT2D eigenvalue weighted by Crippen LogP contribution is 2.35. The molecule has 2 aromatic rings.